The Kier molecular flexibility index (Phi) is 4.79. The van der Waals surface area contributed by atoms with Gasteiger partial charge in [-0.05, 0) is 31.2 Å². The van der Waals surface area contributed by atoms with Gasteiger partial charge in [-0.25, -0.2) is 9.97 Å². The maximum Gasteiger partial charge on any atom is 0.416 e. The molecule has 1 amide bonds. The molecular formula is C21H14F3N3OS. The Labute approximate surface area is 168 Å². The Morgan fingerprint density at radius 1 is 1.07 bits per heavy atom. The van der Waals surface area contributed by atoms with Gasteiger partial charge in [-0.2, -0.15) is 13.2 Å². The molecule has 2 heterocycles. The predicted octanol–water partition coefficient (Wildman–Crippen LogP) is 5.94. The van der Waals surface area contributed by atoms with E-state index < -0.39 is 11.7 Å². The maximum atomic E-state index is 13.0. The van der Waals surface area contributed by atoms with E-state index in [-0.39, 0.29) is 5.91 Å². The van der Waals surface area contributed by atoms with Gasteiger partial charge in [0, 0.05) is 22.0 Å². The number of thiazole rings is 1. The first-order valence-electron chi connectivity index (χ1n) is 8.62. The van der Waals surface area contributed by atoms with Gasteiger partial charge in [0.25, 0.3) is 5.91 Å². The molecule has 0 fully saturated rings. The second-order valence-corrected chi connectivity index (χ2v) is 7.62. The molecule has 0 saturated heterocycles. The SMILES string of the molecule is Cc1cnc(NC(=O)c2cccc3ccc(-c4cccc(C(F)(F)F)c4)nc23)s1. The van der Waals surface area contributed by atoms with Crippen molar-refractivity contribution in [1.29, 1.82) is 0 Å². The first-order valence-corrected chi connectivity index (χ1v) is 9.44. The number of nitrogens with zero attached hydrogens (tertiary/aromatic N) is 2. The van der Waals surface area contributed by atoms with Crippen molar-refractivity contribution in [3.63, 3.8) is 0 Å². The lowest BCUT2D eigenvalue weighted by molar-refractivity contribution is -0.137. The molecule has 29 heavy (non-hydrogen) atoms. The van der Waals surface area contributed by atoms with Crippen LogP contribution in [0.25, 0.3) is 22.2 Å². The van der Waals surface area contributed by atoms with Crippen LogP contribution < -0.4 is 5.32 Å². The molecule has 0 aliphatic heterocycles. The van der Waals surface area contributed by atoms with Crippen LogP contribution in [-0.4, -0.2) is 15.9 Å². The standard InChI is InChI=1S/C21H14F3N3OS/c1-12-11-25-20(29-12)27-19(28)16-7-3-4-13-8-9-17(26-18(13)16)14-5-2-6-15(10-14)21(22,23)24/h2-11H,1H3,(H,25,27,28). The second-order valence-electron chi connectivity index (χ2n) is 6.38. The molecule has 8 heteroatoms. The summed E-state index contributed by atoms with van der Waals surface area (Å²) in [6.45, 7) is 1.88. The van der Waals surface area contributed by atoms with E-state index in [4.69, 9.17) is 0 Å². The van der Waals surface area contributed by atoms with Crippen LogP contribution in [0.5, 0.6) is 0 Å². The lowest BCUT2D eigenvalue weighted by Crippen LogP contribution is -2.12. The van der Waals surface area contributed by atoms with Crippen LogP contribution in [0.4, 0.5) is 18.3 Å². The minimum absolute atomic E-state index is 0.323. The average molecular weight is 413 g/mol. The van der Waals surface area contributed by atoms with E-state index in [9.17, 15) is 18.0 Å². The summed E-state index contributed by atoms with van der Waals surface area (Å²) in [5.74, 6) is -0.376. The Balaban J connectivity index is 1.76. The zero-order valence-corrected chi connectivity index (χ0v) is 15.9. The molecule has 2 aromatic heterocycles. The van der Waals surface area contributed by atoms with Crippen LogP contribution in [0.15, 0.2) is 60.8 Å². The number of halogens is 3. The first-order chi connectivity index (χ1) is 13.8. The Hall–Kier alpha value is -3.26. The summed E-state index contributed by atoms with van der Waals surface area (Å²) in [4.78, 5) is 22.3. The van der Waals surface area contributed by atoms with Crippen molar-refractivity contribution in [2.75, 3.05) is 5.32 Å². The smallest absolute Gasteiger partial charge is 0.298 e. The molecule has 4 aromatic rings. The molecule has 0 aliphatic rings. The summed E-state index contributed by atoms with van der Waals surface area (Å²) in [6, 6.07) is 13.5. The van der Waals surface area contributed by atoms with Gasteiger partial charge in [-0.3, -0.25) is 10.1 Å². The van der Waals surface area contributed by atoms with Crippen LogP contribution in [0, 0.1) is 6.92 Å². The highest BCUT2D eigenvalue weighted by atomic mass is 32.1. The second kappa shape index (κ2) is 7.29. The van der Waals surface area contributed by atoms with Crippen molar-refractivity contribution >= 4 is 33.3 Å². The summed E-state index contributed by atoms with van der Waals surface area (Å²) in [6.07, 6.45) is -2.78. The highest BCUT2D eigenvalue weighted by molar-refractivity contribution is 7.15. The molecule has 0 radical (unpaired) electrons. The number of nitrogens with one attached hydrogen (secondary N) is 1. The van der Waals surface area contributed by atoms with Crippen molar-refractivity contribution < 1.29 is 18.0 Å². The minimum Gasteiger partial charge on any atom is -0.298 e. The Morgan fingerprint density at radius 2 is 1.86 bits per heavy atom. The molecule has 0 spiro atoms. The lowest BCUT2D eigenvalue weighted by atomic mass is 10.0. The monoisotopic (exact) mass is 413 g/mol. The number of carbonyl (C=O) groups excluding carboxylic acids is 1. The fourth-order valence-electron chi connectivity index (χ4n) is 2.92. The van der Waals surface area contributed by atoms with Crippen LogP contribution in [0.2, 0.25) is 0 Å². The normalized spacial score (nSPS) is 11.6. The third-order valence-corrected chi connectivity index (χ3v) is 5.12. The van der Waals surface area contributed by atoms with Crippen molar-refractivity contribution in [2.45, 2.75) is 13.1 Å². The van der Waals surface area contributed by atoms with Gasteiger partial charge in [0.15, 0.2) is 5.13 Å². The number of alkyl halides is 3. The van der Waals surface area contributed by atoms with E-state index in [0.29, 0.717) is 32.9 Å². The van der Waals surface area contributed by atoms with Gasteiger partial charge in [0.1, 0.15) is 0 Å². The Morgan fingerprint density at radius 3 is 2.59 bits per heavy atom. The number of hydrogen-bond donors (Lipinski definition) is 1. The van der Waals surface area contributed by atoms with Gasteiger partial charge in [-0.15, -0.1) is 11.3 Å². The van der Waals surface area contributed by atoms with E-state index in [2.05, 4.69) is 15.3 Å². The van der Waals surface area contributed by atoms with Gasteiger partial charge >= 0.3 is 6.18 Å². The number of carbonyl (C=O) groups is 1. The van der Waals surface area contributed by atoms with E-state index in [1.165, 1.54) is 17.4 Å². The van der Waals surface area contributed by atoms with Gasteiger partial charge in [0.05, 0.1) is 22.3 Å². The number of hydrogen-bond acceptors (Lipinski definition) is 4. The van der Waals surface area contributed by atoms with Crippen LogP contribution in [0.3, 0.4) is 0 Å². The molecule has 2 aromatic carbocycles. The molecular weight excluding hydrogens is 399 g/mol. The quantitative estimate of drug-likeness (QED) is 0.452. The van der Waals surface area contributed by atoms with Crippen LogP contribution >= 0.6 is 11.3 Å². The molecule has 4 nitrogen and oxygen atoms in total. The zero-order valence-electron chi connectivity index (χ0n) is 15.1. The molecule has 146 valence electrons. The summed E-state index contributed by atoms with van der Waals surface area (Å²) in [5, 5.41) is 3.92. The van der Waals surface area contributed by atoms with Gasteiger partial charge in [0.2, 0.25) is 0 Å². The third kappa shape index (κ3) is 3.97. The number of para-hydroxylation sites is 1. The lowest BCUT2D eigenvalue weighted by Gasteiger charge is -2.10. The zero-order chi connectivity index (χ0) is 20.6. The molecule has 0 atom stereocenters. The summed E-state index contributed by atoms with van der Waals surface area (Å²) in [5.41, 5.74) is 0.667. The predicted molar refractivity (Wildman–Crippen MR) is 107 cm³/mol. The van der Waals surface area contributed by atoms with E-state index in [1.807, 2.05) is 6.92 Å². The molecule has 0 aliphatic carbocycles. The van der Waals surface area contributed by atoms with Crippen molar-refractivity contribution in [3.05, 3.63) is 76.8 Å². The van der Waals surface area contributed by atoms with Crippen LogP contribution in [0.1, 0.15) is 20.8 Å². The minimum atomic E-state index is -4.44. The van der Waals surface area contributed by atoms with E-state index in [1.54, 1.807) is 42.6 Å². The topological polar surface area (TPSA) is 54.9 Å². The number of rotatable bonds is 3. The number of fused-ring (bicyclic) bond motifs is 1. The number of aryl methyl sites for hydroxylation is 1. The third-order valence-electron chi connectivity index (χ3n) is 4.29. The number of benzene rings is 2. The van der Waals surface area contributed by atoms with E-state index >= 15 is 0 Å². The van der Waals surface area contributed by atoms with Crippen molar-refractivity contribution in [1.82, 2.24) is 9.97 Å². The first kappa shape index (κ1) is 19.1. The number of aromatic nitrogens is 2. The van der Waals surface area contributed by atoms with Gasteiger partial charge < -0.3 is 0 Å². The number of pyridine rings is 1. The molecule has 0 bridgehead atoms. The molecule has 0 unspecified atom stereocenters. The summed E-state index contributed by atoms with van der Waals surface area (Å²) in [7, 11) is 0. The fourth-order valence-corrected chi connectivity index (χ4v) is 3.58. The fraction of sp³-hybridized carbons (Fsp3) is 0.0952. The molecule has 0 saturated carbocycles. The highest BCUT2D eigenvalue weighted by Gasteiger charge is 2.30. The molecule has 4 rings (SSSR count). The number of amides is 1. The van der Waals surface area contributed by atoms with E-state index in [0.717, 1.165) is 17.0 Å². The number of anilines is 1. The Bertz CT molecular complexity index is 1220. The van der Waals surface area contributed by atoms with Gasteiger partial charge in [-0.1, -0.05) is 30.3 Å². The summed E-state index contributed by atoms with van der Waals surface area (Å²) < 4.78 is 39.1. The highest BCUT2D eigenvalue weighted by Crippen LogP contribution is 2.32. The van der Waals surface area contributed by atoms with Crippen molar-refractivity contribution in [3.8, 4) is 11.3 Å². The molecule has 1 N–H and O–H groups in total. The van der Waals surface area contributed by atoms with Crippen LogP contribution in [-0.2, 0) is 6.18 Å². The van der Waals surface area contributed by atoms with Crippen molar-refractivity contribution in [2.24, 2.45) is 0 Å². The summed E-state index contributed by atoms with van der Waals surface area (Å²) >= 11 is 1.35. The maximum absolute atomic E-state index is 13.0. The largest absolute Gasteiger partial charge is 0.416 e. The average Bonchev–Trinajstić information content (AvgIpc) is 3.11.